The highest BCUT2D eigenvalue weighted by atomic mass is 19.4. The molecule has 0 radical (unpaired) electrons. The Morgan fingerprint density at radius 3 is 2.10 bits per heavy atom. The van der Waals surface area contributed by atoms with Gasteiger partial charge in [0.1, 0.15) is 0 Å². The summed E-state index contributed by atoms with van der Waals surface area (Å²) in [4.78, 5) is 10.9. The molecule has 0 atom stereocenters. The molecular weight excluding hydrogens is 287 g/mol. The molecule has 0 aliphatic carbocycles. The predicted molar refractivity (Wildman–Crippen MR) is 67.7 cm³/mol. The Bertz CT molecular complexity index is 713. The lowest BCUT2D eigenvalue weighted by Gasteiger charge is -2.21. The predicted octanol–water partition coefficient (Wildman–Crippen LogP) is 4.09. The SMILES string of the molecule is O=C(Nc1ccc2c(c1)Oc1ccccc1O2)C(F)(F)F. The highest BCUT2D eigenvalue weighted by Gasteiger charge is 2.38. The summed E-state index contributed by atoms with van der Waals surface area (Å²) in [5, 5.41) is 1.76. The third-order valence-electron chi connectivity index (χ3n) is 2.75. The Morgan fingerprint density at radius 1 is 0.905 bits per heavy atom. The summed E-state index contributed by atoms with van der Waals surface area (Å²) in [6.07, 6.45) is -4.94. The van der Waals surface area contributed by atoms with E-state index in [1.807, 2.05) is 0 Å². The highest BCUT2D eigenvalue weighted by molar-refractivity contribution is 5.95. The summed E-state index contributed by atoms with van der Waals surface area (Å²) < 4.78 is 47.7. The van der Waals surface area contributed by atoms with Crippen LogP contribution >= 0.6 is 0 Å². The van der Waals surface area contributed by atoms with E-state index in [9.17, 15) is 18.0 Å². The Morgan fingerprint density at radius 2 is 1.48 bits per heavy atom. The summed E-state index contributed by atoms with van der Waals surface area (Å²) in [6, 6.07) is 10.9. The van der Waals surface area contributed by atoms with E-state index >= 15 is 0 Å². The number of rotatable bonds is 1. The molecule has 108 valence electrons. The van der Waals surface area contributed by atoms with Crippen molar-refractivity contribution in [2.75, 3.05) is 5.32 Å². The van der Waals surface area contributed by atoms with Crippen LogP contribution in [0.1, 0.15) is 0 Å². The number of benzene rings is 2. The van der Waals surface area contributed by atoms with Crippen molar-refractivity contribution in [1.82, 2.24) is 0 Å². The Hall–Kier alpha value is -2.70. The van der Waals surface area contributed by atoms with E-state index in [1.54, 1.807) is 29.6 Å². The molecule has 0 saturated heterocycles. The highest BCUT2D eigenvalue weighted by Crippen LogP contribution is 2.45. The van der Waals surface area contributed by atoms with Gasteiger partial charge < -0.3 is 14.8 Å². The quantitative estimate of drug-likeness (QED) is 0.735. The van der Waals surface area contributed by atoms with Crippen LogP contribution < -0.4 is 14.8 Å². The first-order chi connectivity index (χ1) is 9.93. The molecule has 1 aliphatic rings. The third-order valence-corrected chi connectivity index (χ3v) is 2.75. The van der Waals surface area contributed by atoms with E-state index in [4.69, 9.17) is 9.47 Å². The van der Waals surface area contributed by atoms with Gasteiger partial charge in [-0.1, -0.05) is 12.1 Å². The summed E-state index contributed by atoms with van der Waals surface area (Å²) in [5.41, 5.74) is -0.0287. The van der Waals surface area contributed by atoms with Gasteiger partial charge in [-0.3, -0.25) is 4.79 Å². The molecule has 1 heterocycles. The van der Waals surface area contributed by atoms with Crippen molar-refractivity contribution in [3.63, 3.8) is 0 Å². The number of amides is 1. The van der Waals surface area contributed by atoms with Gasteiger partial charge in [0.25, 0.3) is 0 Å². The second kappa shape index (κ2) is 4.69. The number of ether oxygens (including phenoxy) is 2. The van der Waals surface area contributed by atoms with Crippen molar-refractivity contribution in [2.24, 2.45) is 0 Å². The molecule has 4 nitrogen and oxygen atoms in total. The zero-order valence-electron chi connectivity index (χ0n) is 10.4. The fourth-order valence-electron chi connectivity index (χ4n) is 1.81. The number of hydrogen-bond acceptors (Lipinski definition) is 3. The normalized spacial score (nSPS) is 12.5. The van der Waals surface area contributed by atoms with E-state index in [0.29, 0.717) is 17.2 Å². The van der Waals surface area contributed by atoms with Crippen molar-refractivity contribution >= 4 is 11.6 Å². The molecule has 2 aromatic rings. The molecule has 2 aromatic carbocycles. The number of hydrogen-bond donors (Lipinski definition) is 1. The number of nitrogens with one attached hydrogen (secondary N) is 1. The van der Waals surface area contributed by atoms with Gasteiger partial charge in [0.05, 0.1) is 0 Å². The van der Waals surface area contributed by atoms with E-state index in [-0.39, 0.29) is 11.4 Å². The fourth-order valence-corrected chi connectivity index (χ4v) is 1.81. The second-order valence-electron chi connectivity index (χ2n) is 4.26. The zero-order valence-corrected chi connectivity index (χ0v) is 10.4. The number of alkyl halides is 3. The molecule has 21 heavy (non-hydrogen) atoms. The number of carbonyl (C=O) groups excluding carboxylic acids is 1. The number of fused-ring (bicyclic) bond motifs is 2. The van der Waals surface area contributed by atoms with Crippen LogP contribution in [-0.4, -0.2) is 12.1 Å². The number of anilines is 1. The fraction of sp³-hybridized carbons (Fsp3) is 0.0714. The first-order valence-corrected chi connectivity index (χ1v) is 5.90. The molecule has 3 rings (SSSR count). The lowest BCUT2D eigenvalue weighted by Crippen LogP contribution is -2.29. The van der Waals surface area contributed by atoms with Crippen LogP contribution in [0.5, 0.6) is 23.0 Å². The lowest BCUT2D eigenvalue weighted by atomic mass is 10.2. The van der Waals surface area contributed by atoms with E-state index in [1.165, 1.54) is 18.2 Å². The van der Waals surface area contributed by atoms with Gasteiger partial charge in [0.2, 0.25) is 0 Å². The Balaban J connectivity index is 1.85. The minimum absolute atomic E-state index is 0.0287. The number of para-hydroxylation sites is 2. The van der Waals surface area contributed by atoms with Crippen molar-refractivity contribution in [1.29, 1.82) is 0 Å². The maximum absolute atomic E-state index is 12.2. The van der Waals surface area contributed by atoms with Gasteiger partial charge in [-0.25, -0.2) is 0 Å². The Labute approximate surface area is 117 Å². The second-order valence-corrected chi connectivity index (χ2v) is 4.26. The zero-order chi connectivity index (χ0) is 15.0. The lowest BCUT2D eigenvalue weighted by molar-refractivity contribution is -0.167. The summed E-state index contributed by atoms with van der Waals surface area (Å²) in [7, 11) is 0. The minimum Gasteiger partial charge on any atom is -0.450 e. The van der Waals surface area contributed by atoms with Crippen LogP contribution in [0.25, 0.3) is 0 Å². The van der Waals surface area contributed by atoms with Gasteiger partial charge in [0, 0.05) is 11.8 Å². The molecule has 1 aliphatic heterocycles. The monoisotopic (exact) mass is 295 g/mol. The maximum Gasteiger partial charge on any atom is 0.471 e. The maximum atomic E-state index is 12.2. The summed E-state index contributed by atoms with van der Waals surface area (Å²) in [5.74, 6) is -0.492. The average Bonchev–Trinajstić information content (AvgIpc) is 2.44. The standard InChI is InChI=1S/C14H8F3NO3/c15-14(16,17)13(19)18-8-5-6-11-12(7-8)21-10-4-2-1-3-9(10)20-11/h1-7H,(H,18,19). The summed E-state index contributed by atoms with van der Waals surface area (Å²) in [6.45, 7) is 0. The smallest absolute Gasteiger partial charge is 0.450 e. The van der Waals surface area contributed by atoms with Crippen LogP contribution in [0.4, 0.5) is 18.9 Å². The minimum atomic E-state index is -4.94. The van der Waals surface area contributed by atoms with Gasteiger partial charge in [-0.15, -0.1) is 0 Å². The van der Waals surface area contributed by atoms with Crippen molar-refractivity contribution < 1.29 is 27.4 Å². The molecule has 1 amide bonds. The largest absolute Gasteiger partial charge is 0.471 e. The van der Waals surface area contributed by atoms with Crippen LogP contribution in [-0.2, 0) is 4.79 Å². The summed E-state index contributed by atoms with van der Waals surface area (Å²) >= 11 is 0. The average molecular weight is 295 g/mol. The molecule has 0 fully saturated rings. The van der Waals surface area contributed by atoms with Crippen LogP contribution in [0, 0.1) is 0 Å². The third kappa shape index (κ3) is 2.62. The Kier molecular flexibility index (Phi) is 2.97. The molecular formula is C14H8F3NO3. The molecule has 0 unspecified atom stereocenters. The van der Waals surface area contributed by atoms with Gasteiger partial charge in [-0.05, 0) is 24.3 Å². The van der Waals surface area contributed by atoms with Crippen molar-refractivity contribution in [3.8, 4) is 23.0 Å². The van der Waals surface area contributed by atoms with Crippen molar-refractivity contribution in [2.45, 2.75) is 6.18 Å². The molecule has 7 heteroatoms. The molecule has 0 aromatic heterocycles. The van der Waals surface area contributed by atoms with Gasteiger partial charge in [0.15, 0.2) is 23.0 Å². The van der Waals surface area contributed by atoms with Crippen LogP contribution in [0.15, 0.2) is 42.5 Å². The molecule has 0 saturated carbocycles. The molecule has 0 spiro atoms. The first-order valence-electron chi connectivity index (χ1n) is 5.90. The van der Waals surface area contributed by atoms with E-state index in [2.05, 4.69) is 0 Å². The van der Waals surface area contributed by atoms with Gasteiger partial charge >= 0.3 is 12.1 Å². The molecule has 0 bridgehead atoms. The topological polar surface area (TPSA) is 47.6 Å². The van der Waals surface area contributed by atoms with E-state index in [0.717, 1.165) is 0 Å². The van der Waals surface area contributed by atoms with Crippen LogP contribution in [0.3, 0.4) is 0 Å². The van der Waals surface area contributed by atoms with E-state index < -0.39 is 12.1 Å². The first kappa shape index (κ1) is 13.3. The number of halogens is 3. The molecule has 1 N–H and O–H groups in total. The van der Waals surface area contributed by atoms with Gasteiger partial charge in [-0.2, -0.15) is 13.2 Å². The van der Waals surface area contributed by atoms with Crippen molar-refractivity contribution in [3.05, 3.63) is 42.5 Å². The van der Waals surface area contributed by atoms with Crippen LogP contribution in [0.2, 0.25) is 0 Å². The number of carbonyl (C=O) groups is 1.